The van der Waals surface area contributed by atoms with Gasteiger partial charge in [-0.2, -0.15) is 0 Å². The lowest BCUT2D eigenvalue weighted by Crippen LogP contribution is -2.40. The summed E-state index contributed by atoms with van der Waals surface area (Å²) in [6.07, 6.45) is 1.42. The maximum absolute atomic E-state index is 12.0. The molecule has 0 spiro atoms. The number of nitrogens with one attached hydrogen (secondary N) is 3. The molecule has 2 aromatic rings. The SMILES string of the molecule is CNc1ccc(COC(=O)NCC2=CCC(NC(=O)OCc3ccc(C)cc3)CO2)cc1. The third kappa shape index (κ3) is 7.54. The first kappa shape index (κ1) is 23.0. The molecule has 170 valence electrons. The first-order valence-corrected chi connectivity index (χ1v) is 10.5. The highest BCUT2D eigenvalue weighted by Gasteiger charge is 2.18. The fourth-order valence-electron chi connectivity index (χ4n) is 3.00. The molecule has 2 amide bonds. The van der Waals surface area contributed by atoms with E-state index in [1.807, 2.05) is 68.6 Å². The van der Waals surface area contributed by atoms with Crippen molar-refractivity contribution in [2.24, 2.45) is 0 Å². The van der Waals surface area contributed by atoms with Crippen LogP contribution < -0.4 is 16.0 Å². The largest absolute Gasteiger partial charge is 0.494 e. The molecular formula is C24H29N3O5. The number of alkyl carbamates (subject to hydrolysis) is 2. The lowest BCUT2D eigenvalue weighted by atomic mass is 10.1. The van der Waals surface area contributed by atoms with Gasteiger partial charge < -0.3 is 30.2 Å². The van der Waals surface area contributed by atoms with Crippen molar-refractivity contribution in [1.29, 1.82) is 0 Å². The van der Waals surface area contributed by atoms with Crippen molar-refractivity contribution in [3.05, 3.63) is 77.1 Å². The van der Waals surface area contributed by atoms with Crippen LogP contribution in [0.1, 0.15) is 23.1 Å². The predicted molar refractivity (Wildman–Crippen MR) is 121 cm³/mol. The molecule has 1 aliphatic rings. The normalized spacial score (nSPS) is 15.1. The van der Waals surface area contributed by atoms with Gasteiger partial charge in [0.1, 0.15) is 25.6 Å². The highest BCUT2D eigenvalue weighted by Crippen LogP contribution is 2.12. The molecule has 0 bridgehead atoms. The number of ether oxygens (including phenoxy) is 3. The summed E-state index contributed by atoms with van der Waals surface area (Å²) in [5.41, 5.74) is 3.98. The molecular weight excluding hydrogens is 410 g/mol. The van der Waals surface area contributed by atoms with Crippen molar-refractivity contribution in [3.8, 4) is 0 Å². The van der Waals surface area contributed by atoms with E-state index in [1.165, 1.54) is 0 Å². The fraction of sp³-hybridized carbons (Fsp3) is 0.333. The van der Waals surface area contributed by atoms with Crippen LogP contribution in [0.2, 0.25) is 0 Å². The second kappa shape index (κ2) is 11.6. The Morgan fingerprint density at radius 3 is 2.19 bits per heavy atom. The Labute approximate surface area is 187 Å². The number of hydrogen-bond acceptors (Lipinski definition) is 6. The van der Waals surface area contributed by atoms with Gasteiger partial charge in [-0.15, -0.1) is 0 Å². The van der Waals surface area contributed by atoms with Gasteiger partial charge in [-0.05, 0) is 42.7 Å². The van der Waals surface area contributed by atoms with Crippen LogP contribution in [0.3, 0.4) is 0 Å². The number of carbonyl (C=O) groups excluding carboxylic acids is 2. The van der Waals surface area contributed by atoms with Crippen LogP contribution in [0.4, 0.5) is 15.3 Å². The molecule has 0 saturated carbocycles. The number of anilines is 1. The standard InChI is InChI=1S/C24H29N3O5/c1-17-3-5-18(6-4-17)15-32-24(29)27-21-11-12-22(30-16-21)13-26-23(28)31-14-19-7-9-20(25-2)10-8-19/h3-10,12,21,25H,11,13-16H2,1-2H3,(H,26,28)(H,27,29). The van der Waals surface area contributed by atoms with Crippen molar-refractivity contribution in [1.82, 2.24) is 10.6 Å². The molecule has 3 rings (SSSR count). The number of rotatable bonds is 8. The highest BCUT2D eigenvalue weighted by molar-refractivity contribution is 5.68. The number of aryl methyl sites for hydroxylation is 1. The Kier molecular flexibility index (Phi) is 8.36. The average Bonchev–Trinajstić information content (AvgIpc) is 2.82. The Balaban J connectivity index is 1.31. The summed E-state index contributed by atoms with van der Waals surface area (Å²) < 4.78 is 16.1. The molecule has 0 saturated heterocycles. The van der Waals surface area contributed by atoms with E-state index >= 15 is 0 Å². The molecule has 0 radical (unpaired) electrons. The second-order valence-electron chi connectivity index (χ2n) is 7.50. The fourth-order valence-corrected chi connectivity index (χ4v) is 3.00. The number of benzene rings is 2. The van der Waals surface area contributed by atoms with Gasteiger partial charge in [0, 0.05) is 12.7 Å². The average molecular weight is 440 g/mol. The van der Waals surface area contributed by atoms with Crippen molar-refractivity contribution in [3.63, 3.8) is 0 Å². The minimum absolute atomic E-state index is 0.184. The zero-order valence-electron chi connectivity index (χ0n) is 18.4. The van der Waals surface area contributed by atoms with Crippen LogP contribution in [0.5, 0.6) is 0 Å². The van der Waals surface area contributed by atoms with Crippen LogP contribution in [0.15, 0.2) is 60.4 Å². The van der Waals surface area contributed by atoms with E-state index in [9.17, 15) is 9.59 Å². The van der Waals surface area contributed by atoms with E-state index < -0.39 is 12.2 Å². The smallest absolute Gasteiger partial charge is 0.407 e. The van der Waals surface area contributed by atoms with E-state index in [-0.39, 0.29) is 25.8 Å². The Hall–Kier alpha value is -3.68. The van der Waals surface area contributed by atoms with Gasteiger partial charge in [0.15, 0.2) is 0 Å². The number of hydrogen-bond donors (Lipinski definition) is 3. The first-order valence-electron chi connectivity index (χ1n) is 10.5. The summed E-state index contributed by atoms with van der Waals surface area (Å²) in [5, 5.41) is 8.48. The highest BCUT2D eigenvalue weighted by atomic mass is 16.6. The third-order valence-electron chi connectivity index (χ3n) is 4.93. The Morgan fingerprint density at radius 2 is 1.59 bits per heavy atom. The Bertz CT molecular complexity index is 926. The van der Waals surface area contributed by atoms with Crippen LogP contribution in [0, 0.1) is 6.92 Å². The molecule has 1 unspecified atom stereocenters. The summed E-state index contributed by atoms with van der Waals surface area (Å²) >= 11 is 0. The Morgan fingerprint density at radius 1 is 0.969 bits per heavy atom. The molecule has 0 fully saturated rings. The maximum atomic E-state index is 12.0. The van der Waals surface area contributed by atoms with Gasteiger partial charge >= 0.3 is 12.2 Å². The monoisotopic (exact) mass is 439 g/mol. The molecule has 1 atom stereocenters. The molecule has 2 aromatic carbocycles. The lowest BCUT2D eigenvalue weighted by Gasteiger charge is -2.24. The summed E-state index contributed by atoms with van der Waals surface area (Å²) in [6, 6.07) is 15.2. The predicted octanol–water partition coefficient (Wildman–Crippen LogP) is 3.86. The zero-order chi connectivity index (χ0) is 22.8. The molecule has 0 aliphatic carbocycles. The van der Waals surface area contributed by atoms with Crippen LogP contribution in [-0.4, -0.2) is 38.4 Å². The van der Waals surface area contributed by atoms with Crippen molar-refractivity contribution >= 4 is 17.9 Å². The first-order chi connectivity index (χ1) is 15.5. The second-order valence-corrected chi connectivity index (χ2v) is 7.50. The summed E-state index contributed by atoms with van der Waals surface area (Å²) in [6.45, 7) is 2.94. The minimum Gasteiger partial charge on any atom is -0.494 e. The molecule has 8 nitrogen and oxygen atoms in total. The van der Waals surface area contributed by atoms with E-state index in [0.717, 1.165) is 22.4 Å². The number of carbonyl (C=O) groups is 2. The summed E-state index contributed by atoms with van der Waals surface area (Å²) in [4.78, 5) is 23.9. The number of amides is 2. The van der Waals surface area contributed by atoms with Gasteiger partial charge in [0.2, 0.25) is 0 Å². The van der Waals surface area contributed by atoms with Gasteiger partial charge in [-0.25, -0.2) is 9.59 Å². The molecule has 8 heteroatoms. The molecule has 1 aliphatic heterocycles. The van der Waals surface area contributed by atoms with Crippen LogP contribution >= 0.6 is 0 Å². The van der Waals surface area contributed by atoms with E-state index in [0.29, 0.717) is 18.8 Å². The summed E-state index contributed by atoms with van der Waals surface area (Å²) in [5.74, 6) is 0.631. The molecule has 1 heterocycles. The van der Waals surface area contributed by atoms with E-state index in [1.54, 1.807) is 0 Å². The van der Waals surface area contributed by atoms with Crippen molar-refractivity contribution in [2.45, 2.75) is 32.6 Å². The van der Waals surface area contributed by atoms with E-state index in [4.69, 9.17) is 14.2 Å². The zero-order valence-corrected chi connectivity index (χ0v) is 18.4. The summed E-state index contributed by atoms with van der Waals surface area (Å²) in [7, 11) is 1.84. The van der Waals surface area contributed by atoms with Crippen molar-refractivity contribution in [2.75, 3.05) is 25.5 Å². The van der Waals surface area contributed by atoms with Crippen LogP contribution in [0.25, 0.3) is 0 Å². The quantitative estimate of drug-likeness (QED) is 0.578. The van der Waals surface area contributed by atoms with Gasteiger partial charge in [0.05, 0.1) is 12.6 Å². The minimum atomic E-state index is -0.521. The van der Waals surface area contributed by atoms with E-state index in [2.05, 4.69) is 16.0 Å². The molecule has 32 heavy (non-hydrogen) atoms. The maximum Gasteiger partial charge on any atom is 0.407 e. The lowest BCUT2D eigenvalue weighted by molar-refractivity contribution is 0.115. The van der Waals surface area contributed by atoms with Gasteiger partial charge in [-0.1, -0.05) is 42.0 Å². The van der Waals surface area contributed by atoms with Gasteiger partial charge in [-0.3, -0.25) is 0 Å². The van der Waals surface area contributed by atoms with Crippen molar-refractivity contribution < 1.29 is 23.8 Å². The topological polar surface area (TPSA) is 97.9 Å². The van der Waals surface area contributed by atoms with Gasteiger partial charge in [0.25, 0.3) is 0 Å². The molecule has 3 N–H and O–H groups in total. The third-order valence-corrected chi connectivity index (χ3v) is 4.93. The van der Waals surface area contributed by atoms with Crippen LogP contribution in [-0.2, 0) is 27.4 Å². The molecule has 0 aromatic heterocycles.